The van der Waals surface area contributed by atoms with Crippen LogP contribution in [0.25, 0.3) is 22.3 Å². The molecule has 3 rings (SSSR count). The van der Waals surface area contributed by atoms with E-state index < -0.39 is 0 Å². The largest absolute Gasteiger partial charge is 0.456 e. The summed E-state index contributed by atoms with van der Waals surface area (Å²) in [5, 5.41) is 0.688. The molecule has 2 nitrogen and oxygen atoms in total. The van der Waals surface area contributed by atoms with Crippen molar-refractivity contribution < 1.29 is 4.42 Å². The van der Waals surface area contributed by atoms with E-state index in [9.17, 15) is 4.79 Å². The Hall–Kier alpha value is -1.49. The molecule has 2 unspecified atom stereocenters. The molecule has 0 radical (unpaired) electrons. The fraction of sp³-hybridized carbons (Fsp3) is 0.167. The first kappa shape index (κ1) is 15.4. The number of hydrogen-bond acceptors (Lipinski definition) is 2. The van der Waals surface area contributed by atoms with Crippen LogP contribution in [0.4, 0.5) is 0 Å². The molecule has 0 aliphatic carbocycles. The van der Waals surface area contributed by atoms with Crippen molar-refractivity contribution in [3.63, 3.8) is 0 Å². The molecule has 3 aromatic rings. The Morgan fingerprint density at radius 2 is 1.73 bits per heavy atom. The molecule has 0 N–H and O–H groups in total. The Bertz CT molecular complexity index is 880. The van der Waals surface area contributed by atoms with E-state index in [0.29, 0.717) is 16.7 Å². The molecule has 0 spiro atoms. The minimum atomic E-state index is 0.0181. The van der Waals surface area contributed by atoms with Gasteiger partial charge in [-0.3, -0.25) is 4.79 Å². The van der Waals surface area contributed by atoms with E-state index in [2.05, 4.69) is 24.5 Å². The zero-order valence-corrected chi connectivity index (χ0v) is 14.7. The molecule has 1 aromatic heterocycles. The fourth-order valence-corrected chi connectivity index (χ4v) is 3.13. The van der Waals surface area contributed by atoms with E-state index in [4.69, 9.17) is 4.42 Å². The summed E-state index contributed by atoms with van der Waals surface area (Å²) in [6, 6.07) is 13.6. The quantitative estimate of drug-likeness (QED) is 0.662. The average Bonchev–Trinajstić information content (AvgIpc) is 2.54. The van der Waals surface area contributed by atoms with Gasteiger partial charge >= 0.3 is 0 Å². The van der Waals surface area contributed by atoms with E-state index in [0.717, 1.165) is 29.0 Å². The Morgan fingerprint density at radius 1 is 1.00 bits per heavy atom. The van der Waals surface area contributed by atoms with E-state index in [1.807, 2.05) is 37.3 Å². The van der Waals surface area contributed by atoms with Gasteiger partial charge in [0.2, 0.25) is 0 Å². The van der Waals surface area contributed by atoms with Gasteiger partial charge in [0.15, 0.2) is 5.43 Å². The molecule has 0 bridgehead atoms. The zero-order valence-electron chi connectivity index (χ0n) is 12.4. The molecule has 2 aromatic carbocycles. The standard InChI is InChI=1S/C18H18O2P2/c1-11-2-4-13(5-3-11)16-8-15(19)18-14(10-22)6-12(9-21)7-17(18)20-16/h2-8H,9-10,21-22H2,1H3. The smallest absolute Gasteiger partial charge is 0.193 e. The third-order valence-electron chi connectivity index (χ3n) is 3.76. The van der Waals surface area contributed by atoms with Crippen LogP contribution in [-0.2, 0) is 12.3 Å². The predicted molar refractivity (Wildman–Crippen MR) is 99.5 cm³/mol. The average molecular weight is 328 g/mol. The Balaban J connectivity index is 2.27. The maximum absolute atomic E-state index is 12.5. The zero-order chi connectivity index (χ0) is 15.7. The molecule has 0 fully saturated rings. The summed E-state index contributed by atoms with van der Waals surface area (Å²) < 4.78 is 6.04. The van der Waals surface area contributed by atoms with Crippen LogP contribution in [-0.4, -0.2) is 0 Å². The summed E-state index contributed by atoms with van der Waals surface area (Å²) in [5.41, 5.74) is 4.96. The van der Waals surface area contributed by atoms with Crippen molar-refractivity contribution >= 4 is 29.4 Å². The highest BCUT2D eigenvalue weighted by molar-refractivity contribution is 7.15. The number of aryl methyl sites for hydroxylation is 1. The van der Waals surface area contributed by atoms with Crippen molar-refractivity contribution in [1.82, 2.24) is 0 Å². The second-order valence-corrected chi connectivity index (χ2v) is 6.19. The van der Waals surface area contributed by atoms with Gasteiger partial charge in [0.1, 0.15) is 11.3 Å². The molecule has 2 atom stereocenters. The first-order valence-corrected chi connectivity index (χ1v) is 8.82. The Labute approximate surface area is 134 Å². The lowest BCUT2D eigenvalue weighted by Crippen LogP contribution is -2.04. The first-order valence-electron chi connectivity index (χ1n) is 7.19. The number of rotatable bonds is 3. The Kier molecular flexibility index (Phi) is 4.43. The van der Waals surface area contributed by atoms with Gasteiger partial charge in [-0.05, 0) is 36.4 Å². The van der Waals surface area contributed by atoms with Gasteiger partial charge < -0.3 is 4.42 Å². The molecule has 1 heterocycles. The molecule has 22 heavy (non-hydrogen) atoms. The highest BCUT2D eigenvalue weighted by Crippen LogP contribution is 2.27. The Morgan fingerprint density at radius 3 is 2.36 bits per heavy atom. The molecular formula is C18H18O2P2. The van der Waals surface area contributed by atoms with Gasteiger partial charge in [-0.25, -0.2) is 0 Å². The predicted octanol–water partition coefficient (Wildman–Crippen LogP) is 4.52. The summed E-state index contributed by atoms with van der Waals surface area (Å²) in [6.45, 7) is 2.04. The van der Waals surface area contributed by atoms with Crippen LogP contribution < -0.4 is 5.43 Å². The van der Waals surface area contributed by atoms with Gasteiger partial charge in [0, 0.05) is 11.6 Å². The van der Waals surface area contributed by atoms with Crippen molar-refractivity contribution in [1.29, 1.82) is 0 Å². The van der Waals surface area contributed by atoms with Crippen LogP contribution in [0, 0.1) is 6.92 Å². The number of fused-ring (bicyclic) bond motifs is 1. The maximum Gasteiger partial charge on any atom is 0.193 e. The van der Waals surface area contributed by atoms with Crippen molar-refractivity contribution in [2.24, 2.45) is 0 Å². The van der Waals surface area contributed by atoms with Gasteiger partial charge in [-0.1, -0.05) is 35.9 Å². The lowest BCUT2D eigenvalue weighted by Gasteiger charge is -2.09. The number of benzene rings is 2. The van der Waals surface area contributed by atoms with Crippen LogP contribution in [0.2, 0.25) is 0 Å². The van der Waals surface area contributed by atoms with Crippen LogP contribution in [0.15, 0.2) is 51.7 Å². The topological polar surface area (TPSA) is 30.2 Å². The first-order chi connectivity index (χ1) is 10.6. The second kappa shape index (κ2) is 6.32. The van der Waals surface area contributed by atoms with Crippen LogP contribution >= 0.6 is 18.5 Å². The maximum atomic E-state index is 12.5. The van der Waals surface area contributed by atoms with Crippen LogP contribution in [0.1, 0.15) is 16.7 Å². The van der Waals surface area contributed by atoms with Crippen molar-refractivity contribution in [3.8, 4) is 11.3 Å². The van der Waals surface area contributed by atoms with E-state index in [1.54, 1.807) is 6.07 Å². The summed E-state index contributed by atoms with van der Waals surface area (Å²) in [6.07, 6.45) is 1.58. The van der Waals surface area contributed by atoms with Gasteiger partial charge in [-0.2, -0.15) is 0 Å². The van der Waals surface area contributed by atoms with Crippen molar-refractivity contribution in [3.05, 3.63) is 69.4 Å². The van der Waals surface area contributed by atoms with Crippen molar-refractivity contribution in [2.45, 2.75) is 19.2 Å². The highest BCUT2D eigenvalue weighted by atomic mass is 31.0. The fourth-order valence-electron chi connectivity index (χ4n) is 2.57. The molecule has 0 amide bonds. The highest BCUT2D eigenvalue weighted by Gasteiger charge is 2.11. The molecular weight excluding hydrogens is 310 g/mol. The normalized spacial score (nSPS) is 11.0. The van der Waals surface area contributed by atoms with Gasteiger partial charge in [-0.15, -0.1) is 18.5 Å². The monoisotopic (exact) mass is 328 g/mol. The number of hydrogen-bond donors (Lipinski definition) is 0. The minimum absolute atomic E-state index is 0.0181. The second-order valence-electron chi connectivity index (χ2n) is 5.38. The van der Waals surface area contributed by atoms with Crippen LogP contribution in [0.3, 0.4) is 0 Å². The van der Waals surface area contributed by atoms with E-state index >= 15 is 0 Å². The van der Waals surface area contributed by atoms with Crippen molar-refractivity contribution in [2.75, 3.05) is 0 Å². The van der Waals surface area contributed by atoms with Gasteiger partial charge in [0.25, 0.3) is 0 Å². The molecule has 0 aliphatic heterocycles. The minimum Gasteiger partial charge on any atom is -0.456 e. The van der Waals surface area contributed by atoms with E-state index in [1.165, 1.54) is 5.56 Å². The lowest BCUT2D eigenvalue weighted by molar-refractivity contribution is 0.618. The van der Waals surface area contributed by atoms with Crippen LogP contribution in [0.5, 0.6) is 0 Å². The summed E-state index contributed by atoms with van der Waals surface area (Å²) in [7, 11) is 5.40. The molecule has 0 aliphatic rings. The molecule has 0 saturated carbocycles. The molecule has 112 valence electrons. The summed E-state index contributed by atoms with van der Waals surface area (Å²) >= 11 is 0. The SMILES string of the molecule is Cc1ccc(-c2cc(=O)c3c(CP)cc(CP)cc3o2)cc1. The molecule has 0 saturated heterocycles. The van der Waals surface area contributed by atoms with E-state index in [-0.39, 0.29) is 5.43 Å². The molecule has 4 heteroatoms. The summed E-state index contributed by atoms with van der Waals surface area (Å²) in [5.74, 6) is 0.619. The third kappa shape index (κ3) is 2.86. The lowest BCUT2D eigenvalue weighted by atomic mass is 10.0. The van der Waals surface area contributed by atoms with Gasteiger partial charge in [0.05, 0.1) is 5.39 Å². The summed E-state index contributed by atoms with van der Waals surface area (Å²) in [4.78, 5) is 12.5. The third-order valence-corrected chi connectivity index (χ3v) is 4.68.